The van der Waals surface area contributed by atoms with E-state index in [1.54, 1.807) is 6.92 Å². The maximum Gasteiger partial charge on any atom is 0.423 e. The van der Waals surface area contributed by atoms with Crippen LogP contribution < -0.4 is 0 Å². The van der Waals surface area contributed by atoms with Gasteiger partial charge in [-0.1, -0.05) is 13.8 Å². The van der Waals surface area contributed by atoms with Gasteiger partial charge in [-0.25, -0.2) is 9.78 Å². The first kappa shape index (κ1) is 21.6. The van der Waals surface area contributed by atoms with E-state index < -0.39 is 54.3 Å². The lowest BCUT2D eigenvalue weighted by Crippen LogP contribution is -2.71. The van der Waals surface area contributed by atoms with Gasteiger partial charge in [0.1, 0.15) is 0 Å². The second kappa shape index (κ2) is 6.69. The molecule has 0 aromatic carbocycles. The molecule has 5 nitrogen and oxygen atoms in total. The summed E-state index contributed by atoms with van der Waals surface area (Å²) in [6, 6.07) is 0. The summed E-state index contributed by atoms with van der Waals surface area (Å²) in [7, 11) is 0. The van der Waals surface area contributed by atoms with E-state index in [0.717, 1.165) is 6.42 Å². The molecule has 11 heteroatoms. The minimum Gasteiger partial charge on any atom is -0.331 e. The van der Waals surface area contributed by atoms with Gasteiger partial charge in [0.05, 0.1) is 0 Å². The molecule has 4 heterocycles. The average Bonchev–Trinajstić information content (AvgIpc) is 2.81. The monoisotopic (exact) mass is 434 g/mol. The highest BCUT2D eigenvalue weighted by atomic mass is 19.4. The summed E-state index contributed by atoms with van der Waals surface area (Å²) < 4.78 is 94.3. The van der Waals surface area contributed by atoms with E-state index in [9.17, 15) is 26.3 Å². The Morgan fingerprint density at radius 3 is 2.21 bits per heavy atom. The average molecular weight is 434 g/mol. The molecule has 5 aliphatic rings. The van der Waals surface area contributed by atoms with Crippen molar-refractivity contribution < 1.29 is 50.3 Å². The Balaban J connectivity index is 1.67. The van der Waals surface area contributed by atoms with Crippen molar-refractivity contribution in [3.63, 3.8) is 0 Å². The molecule has 29 heavy (non-hydrogen) atoms. The molecular formula is C18H24F6O5. The van der Waals surface area contributed by atoms with Gasteiger partial charge in [-0.2, -0.15) is 26.3 Å². The second-order valence-electron chi connectivity index (χ2n) is 8.87. The quantitative estimate of drug-likeness (QED) is 0.466. The summed E-state index contributed by atoms with van der Waals surface area (Å²) in [6.45, 7) is 5.19. The molecule has 168 valence electrons. The highest BCUT2D eigenvalue weighted by molar-refractivity contribution is 5.09. The van der Waals surface area contributed by atoms with Gasteiger partial charge in [-0.05, 0) is 38.0 Å². The van der Waals surface area contributed by atoms with Gasteiger partial charge in [0.15, 0.2) is 18.2 Å². The van der Waals surface area contributed by atoms with Crippen molar-refractivity contribution >= 4 is 0 Å². The number of fused-ring (bicyclic) bond motifs is 2. The summed E-state index contributed by atoms with van der Waals surface area (Å²) in [6.07, 6.45) is -15.6. The maximum atomic E-state index is 13.0. The highest BCUT2D eigenvalue weighted by Gasteiger charge is 2.70. The smallest absolute Gasteiger partial charge is 0.331 e. The van der Waals surface area contributed by atoms with E-state index in [-0.39, 0.29) is 11.8 Å². The summed E-state index contributed by atoms with van der Waals surface area (Å²) in [4.78, 5) is 11.3. The Morgan fingerprint density at radius 2 is 1.59 bits per heavy atom. The summed E-state index contributed by atoms with van der Waals surface area (Å²) >= 11 is 0. The molecule has 4 aliphatic heterocycles. The number of hydrogen-bond donors (Lipinski definition) is 0. The predicted octanol–water partition coefficient (Wildman–Crippen LogP) is 4.70. The lowest BCUT2D eigenvalue weighted by atomic mass is 9.58. The van der Waals surface area contributed by atoms with Gasteiger partial charge in [0, 0.05) is 18.3 Å². The van der Waals surface area contributed by atoms with Crippen LogP contribution in [0, 0.1) is 23.7 Å². The normalized spacial score (nSPS) is 47.8. The molecule has 0 aromatic heterocycles. The first-order valence-corrected chi connectivity index (χ1v) is 9.77. The van der Waals surface area contributed by atoms with E-state index in [1.807, 2.05) is 6.92 Å². The van der Waals surface area contributed by atoms with Crippen molar-refractivity contribution in [3.8, 4) is 0 Å². The molecule has 1 spiro atoms. The molecule has 1 unspecified atom stereocenters. The number of halogens is 6. The van der Waals surface area contributed by atoms with Crippen LogP contribution in [0.25, 0.3) is 0 Å². The summed E-state index contributed by atoms with van der Waals surface area (Å²) in [5.74, 6) is -2.25. The maximum absolute atomic E-state index is 13.0. The SMILES string of the molecule is C[C@@H]1CC[C@H]2[C@@H](C)C(OC(C(F)(F)F)C(F)(F)F)O[C@@H]3O[C@]4(C)CC[C@@H]1[C@]32OO4. The molecule has 1 saturated carbocycles. The van der Waals surface area contributed by atoms with Crippen LogP contribution in [0.15, 0.2) is 0 Å². The molecule has 0 amide bonds. The van der Waals surface area contributed by atoms with Crippen molar-refractivity contribution in [3.05, 3.63) is 0 Å². The zero-order chi connectivity index (χ0) is 21.4. The molecule has 2 bridgehead atoms. The van der Waals surface area contributed by atoms with E-state index in [2.05, 4.69) is 4.74 Å². The van der Waals surface area contributed by atoms with Crippen molar-refractivity contribution in [2.24, 2.45) is 23.7 Å². The third-order valence-corrected chi connectivity index (χ3v) is 6.96. The van der Waals surface area contributed by atoms with Crippen LogP contribution in [0.4, 0.5) is 26.3 Å². The van der Waals surface area contributed by atoms with Crippen molar-refractivity contribution in [1.29, 1.82) is 0 Å². The number of ether oxygens (including phenoxy) is 3. The molecular weight excluding hydrogens is 410 g/mol. The third kappa shape index (κ3) is 3.37. The number of rotatable bonds is 2. The fourth-order valence-electron chi connectivity index (χ4n) is 5.50. The van der Waals surface area contributed by atoms with Crippen LogP contribution in [0.1, 0.15) is 46.5 Å². The zero-order valence-electron chi connectivity index (χ0n) is 16.2. The summed E-state index contributed by atoms with van der Waals surface area (Å²) in [5, 5.41) is 0. The fourth-order valence-corrected chi connectivity index (χ4v) is 5.50. The van der Waals surface area contributed by atoms with Crippen molar-refractivity contribution in [2.75, 3.05) is 0 Å². The molecule has 0 aromatic rings. The van der Waals surface area contributed by atoms with E-state index in [4.69, 9.17) is 19.2 Å². The fraction of sp³-hybridized carbons (Fsp3) is 1.00. The minimum absolute atomic E-state index is 0.0556. The van der Waals surface area contributed by atoms with Gasteiger partial charge >= 0.3 is 12.4 Å². The van der Waals surface area contributed by atoms with Gasteiger partial charge in [-0.15, -0.1) is 0 Å². The van der Waals surface area contributed by atoms with Crippen LogP contribution in [0.5, 0.6) is 0 Å². The molecule has 5 fully saturated rings. The molecule has 8 atom stereocenters. The van der Waals surface area contributed by atoms with E-state index in [0.29, 0.717) is 19.3 Å². The largest absolute Gasteiger partial charge is 0.423 e. The Hall–Kier alpha value is -0.620. The van der Waals surface area contributed by atoms with Crippen molar-refractivity contribution in [2.45, 2.75) is 88.9 Å². The first-order chi connectivity index (χ1) is 13.3. The lowest BCUT2D eigenvalue weighted by Gasteiger charge is -2.60. The third-order valence-electron chi connectivity index (χ3n) is 6.96. The van der Waals surface area contributed by atoms with Gasteiger partial charge in [0.25, 0.3) is 6.10 Å². The van der Waals surface area contributed by atoms with Crippen LogP contribution in [-0.4, -0.2) is 42.4 Å². The van der Waals surface area contributed by atoms with Crippen LogP contribution >= 0.6 is 0 Å². The Bertz CT molecular complexity index is 627. The molecule has 0 radical (unpaired) electrons. The first-order valence-electron chi connectivity index (χ1n) is 9.77. The molecule has 0 N–H and O–H groups in total. The zero-order valence-corrected chi connectivity index (χ0v) is 16.2. The highest BCUT2D eigenvalue weighted by Crippen LogP contribution is 2.61. The van der Waals surface area contributed by atoms with Gasteiger partial charge in [-0.3, -0.25) is 0 Å². The number of alkyl halides is 6. The van der Waals surface area contributed by atoms with Gasteiger partial charge < -0.3 is 14.2 Å². The Labute approximate surface area is 163 Å². The second-order valence-corrected chi connectivity index (χ2v) is 8.87. The predicted molar refractivity (Wildman–Crippen MR) is 83.8 cm³/mol. The molecule has 4 saturated heterocycles. The lowest BCUT2D eigenvalue weighted by molar-refractivity contribution is -0.579. The van der Waals surface area contributed by atoms with Crippen LogP contribution in [-0.2, 0) is 24.0 Å². The van der Waals surface area contributed by atoms with E-state index in [1.165, 1.54) is 6.92 Å². The summed E-state index contributed by atoms with van der Waals surface area (Å²) in [5.41, 5.74) is -1.08. The molecule has 1 aliphatic carbocycles. The van der Waals surface area contributed by atoms with Crippen LogP contribution in [0.3, 0.4) is 0 Å². The standard InChI is InChI=1S/C18H24F6O5/c1-8-4-5-11-9(2)12(25-13(17(19,20)21)18(22,23)24)26-14-16(11)10(8)6-7-15(3,27-14)28-29-16/h8-14H,4-7H2,1-3H3/t8-,9-,10+,11+,12?,14-,15+,16-/m1/s1. The minimum atomic E-state index is -5.62. The molecule has 5 rings (SSSR count). The van der Waals surface area contributed by atoms with E-state index >= 15 is 0 Å². The van der Waals surface area contributed by atoms with Crippen molar-refractivity contribution in [1.82, 2.24) is 0 Å². The number of hydrogen-bond acceptors (Lipinski definition) is 5. The van der Waals surface area contributed by atoms with Gasteiger partial charge in [0.2, 0.25) is 5.79 Å². The Kier molecular flexibility index (Phi) is 4.98. The van der Waals surface area contributed by atoms with Crippen LogP contribution in [0.2, 0.25) is 0 Å². The topological polar surface area (TPSA) is 46.2 Å². The Morgan fingerprint density at radius 1 is 0.931 bits per heavy atom.